The highest BCUT2D eigenvalue weighted by molar-refractivity contribution is 6.30. The zero-order valence-corrected chi connectivity index (χ0v) is 11.5. The Balaban J connectivity index is 1.97. The summed E-state index contributed by atoms with van der Waals surface area (Å²) in [4.78, 5) is 8.33. The molecule has 0 saturated carbocycles. The lowest BCUT2D eigenvalue weighted by molar-refractivity contribution is 0.804. The number of halogens is 1. The molecule has 0 bridgehead atoms. The Kier molecular flexibility index (Phi) is 3.39. The average molecular weight is 285 g/mol. The summed E-state index contributed by atoms with van der Waals surface area (Å²) < 4.78 is 2.03. The van der Waals surface area contributed by atoms with Crippen LogP contribution in [0.5, 0.6) is 0 Å². The standard InChI is InChI=1S/C15H13ClN4/c16-12-3-1-2-11(6-12)9-20-10-19-8-15(20)13-7-18-5-4-14(13)17/h1-8,10H,9H2,(H2,17,18). The van der Waals surface area contributed by atoms with E-state index in [1.807, 2.05) is 28.8 Å². The monoisotopic (exact) mass is 284 g/mol. The van der Waals surface area contributed by atoms with Gasteiger partial charge in [0.2, 0.25) is 0 Å². The second kappa shape index (κ2) is 5.35. The summed E-state index contributed by atoms with van der Waals surface area (Å²) in [5.74, 6) is 0. The number of pyridine rings is 1. The number of anilines is 1. The number of imidazole rings is 1. The van der Waals surface area contributed by atoms with Gasteiger partial charge in [-0.25, -0.2) is 4.98 Å². The van der Waals surface area contributed by atoms with Crippen LogP contribution in [0.1, 0.15) is 5.56 Å². The minimum atomic E-state index is 0.685. The fourth-order valence-corrected chi connectivity index (χ4v) is 2.34. The molecule has 0 aliphatic rings. The lowest BCUT2D eigenvalue weighted by atomic mass is 10.1. The summed E-state index contributed by atoms with van der Waals surface area (Å²) in [6.07, 6.45) is 7.00. The highest BCUT2D eigenvalue weighted by atomic mass is 35.5. The van der Waals surface area contributed by atoms with Gasteiger partial charge in [-0.2, -0.15) is 0 Å². The van der Waals surface area contributed by atoms with Gasteiger partial charge in [0.1, 0.15) is 0 Å². The number of aromatic nitrogens is 3. The molecule has 0 aliphatic heterocycles. The molecule has 0 fully saturated rings. The van der Waals surface area contributed by atoms with Gasteiger partial charge in [0.05, 0.1) is 18.2 Å². The third-order valence-electron chi connectivity index (χ3n) is 3.09. The van der Waals surface area contributed by atoms with Gasteiger partial charge in [-0.3, -0.25) is 4.98 Å². The van der Waals surface area contributed by atoms with Gasteiger partial charge in [-0.1, -0.05) is 23.7 Å². The van der Waals surface area contributed by atoms with E-state index in [-0.39, 0.29) is 0 Å². The van der Waals surface area contributed by atoms with Crippen molar-refractivity contribution in [1.29, 1.82) is 0 Å². The average Bonchev–Trinajstić information content (AvgIpc) is 2.87. The molecular formula is C15H13ClN4. The number of hydrogen-bond donors (Lipinski definition) is 1. The largest absolute Gasteiger partial charge is 0.398 e. The van der Waals surface area contributed by atoms with Crippen LogP contribution in [0, 0.1) is 0 Å². The Bertz CT molecular complexity index is 736. The fraction of sp³-hybridized carbons (Fsp3) is 0.0667. The topological polar surface area (TPSA) is 56.7 Å². The smallest absolute Gasteiger partial charge is 0.0954 e. The number of hydrogen-bond acceptors (Lipinski definition) is 3. The molecule has 0 saturated heterocycles. The molecule has 2 aromatic heterocycles. The van der Waals surface area contributed by atoms with Gasteiger partial charge in [0.25, 0.3) is 0 Å². The Hall–Kier alpha value is -2.33. The number of benzene rings is 1. The summed E-state index contributed by atoms with van der Waals surface area (Å²) in [5, 5.41) is 0.727. The molecule has 0 radical (unpaired) electrons. The molecule has 5 heteroatoms. The van der Waals surface area contributed by atoms with Crippen molar-refractivity contribution >= 4 is 17.3 Å². The van der Waals surface area contributed by atoms with Crippen LogP contribution >= 0.6 is 11.6 Å². The molecule has 0 spiro atoms. The van der Waals surface area contributed by atoms with Crippen LogP contribution in [0.2, 0.25) is 5.02 Å². The van der Waals surface area contributed by atoms with Crippen LogP contribution < -0.4 is 5.73 Å². The molecule has 0 amide bonds. The van der Waals surface area contributed by atoms with Gasteiger partial charge in [0, 0.05) is 35.2 Å². The van der Waals surface area contributed by atoms with Crippen LogP contribution in [0.25, 0.3) is 11.3 Å². The fourth-order valence-electron chi connectivity index (χ4n) is 2.12. The summed E-state index contributed by atoms with van der Waals surface area (Å²) in [6, 6.07) is 9.55. The molecule has 20 heavy (non-hydrogen) atoms. The van der Waals surface area contributed by atoms with Gasteiger partial charge in [-0.05, 0) is 23.8 Å². The normalized spacial score (nSPS) is 10.7. The Labute approximate surface area is 121 Å². The summed E-state index contributed by atoms with van der Waals surface area (Å²) in [6.45, 7) is 0.685. The van der Waals surface area contributed by atoms with Crippen LogP contribution in [-0.4, -0.2) is 14.5 Å². The summed E-state index contributed by atoms with van der Waals surface area (Å²) in [7, 11) is 0. The quantitative estimate of drug-likeness (QED) is 0.803. The van der Waals surface area contributed by atoms with Gasteiger partial charge in [0.15, 0.2) is 0 Å². The molecule has 100 valence electrons. The number of nitrogens with two attached hydrogens (primary N) is 1. The number of nitrogens with zero attached hydrogens (tertiary/aromatic N) is 3. The van der Waals surface area contributed by atoms with E-state index in [4.69, 9.17) is 17.3 Å². The third-order valence-corrected chi connectivity index (χ3v) is 3.32. The van der Waals surface area contributed by atoms with Crippen molar-refractivity contribution in [3.63, 3.8) is 0 Å². The first-order valence-corrected chi connectivity index (χ1v) is 6.56. The summed E-state index contributed by atoms with van der Waals surface area (Å²) in [5.41, 5.74) is 9.62. The van der Waals surface area contributed by atoms with Crippen LogP contribution in [0.4, 0.5) is 5.69 Å². The van der Waals surface area contributed by atoms with E-state index >= 15 is 0 Å². The highest BCUT2D eigenvalue weighted by Crippen LogP contribution is 2.25. The Morgan fingerprint density at radius 2 is 2.05 bits per heavy atom. The van der Waals surface area contributed by atoms with Crippen LogP contribution in [-0.2, 0) is 6.54 Å². The molecule has 4 nitrogen and oxygen atoms in total. The van der Waals surface area contributed by atoms with E-state index in [1.165, 1.54) is 0 Å². The molecule has 3 rings (SSSR count). The minimum absolute atomic E-state index is 0.685. The maximum Gasteiger partial charge on any atom is 0.0954 e. The third kappa shape index (κ3) is 2.51. The van der Waals surface area contributed by atoms with E-state index in [9.17, 15) is 0 Å². The van der Waals surface area contributed by atoms with Crippen molar-refractivity contribution in [1.82, 2.24) is 14.5 Å². The van der Waals surface area contributed by atoms with Crippen molar-refractivity contribution in [2.75, 3.05) is 5.73 Å². The van der Waals surface area contributed by atoms with Gasteiger partial charge in [-0.15, -0.1) is 0 Å². The minimum Gasteiger partial charge on any atom is -0.398 e. The predicted molar refractivity (Wildman–Crippen MR) is 80.4 cm³/mol. The maximum atomic E-state index is 6.01. The van der Waals surface area contributed by atoms with E-state index in [2.05, 4.69) is 9.97 Å². The lowest BCUT2D eigenvalue weighted by Gasteiger charge is -2.10. The van der Waals surface area contributed by atoms with E-state index in [0.29, 0.717) is 12.2 Å². The van der Waals surface area contributed by atoms with Crippen LogP contribution in [0.3, 0.4) is 0 Å². The molecule has 1 aromatic carbocycles. The number of nitrogen functional groups attached to an aromatic ring is 1. The lowest BCUT2D eigenvalue weighted by Crippen LogP contribution is -2.02. The molecule has 0 atom stereocenters. The molecular weight excluding hydrogens is 272 g/mol. The zero-order valence-electron chi connectivity index (χ0n) is 10.7. The van der Waals surface area contributed by atoms with Crippen molar-refractivity contribution < 1.29 is 0 Å². The van der Waals surface area contributed by atoms with E-state index in [0.717, 1.165) is 21.8 Å². The summed E-state index contributed by atoms with van der Waals surface area (Å²) >= 11 is 6.01. The van der Waals surface area contributed by atoms with Gasteiger partial charge >= 0.3 is 0 Å². The molecule has 2 N–H and O–H groups in total. The first kappa shape index (κ1) is 12.7. The Morgan fingerprint density at radius 1 is 1.15 bits per heavy atom. The SMILES string of the molecule is Nc1ccncc1-c1cncn1Cc1cccc(Cl)c1. The highest BCUT2D eigenvalue weighted by Gasteiger charge is 2.09. The first-order chi connectivity index (χ1) is 9.74. The van der Waals surface area contributed by atoms with E-state index in [1.54, 1.807) is 31.0 Å². The van der Waals surface area contributed by atoms with Crippen LogP contribution in [0.15, 0.2) is 55.2 Å². The molecule has 3 aromatic rings. The first-order valence-electron chi connectivity index (χ1n) is 6.18. The van der Waals surface area contributed by atoms with Crippen molar-refractivity contribution in [2.45, 2.75) is 6.54 Å². The Morgan fingerprint density at radius 3 is 2.85 bits per heavy atom. The molecule has 2 heterocycles. The van der Waals surface area contributed by atoms with Gasteiger partial charge < -0.3 is 10.3 Å². The predicted octanol–water partition coefficient (Wildman–Crippen LogP) is 3.23. The maximum absolute atomic E-state index is 6.01. The van der Waals surface area contributed by atoms with E-state index < -0.39 is 0 Å². The zero-order chi connectivity index (χ0) is 13.9. The van der Waals surface area contributed by atoms with Crippen molar-refractivity contribution in [2.24, 2.45) is 0 Å². The second-order valence-corrected chi connectivity index (χ2v) is 4.94. The van der Waals surface area contributed by atoms with Crippen molar-refractivity contribution in [3.8, 4) is 11.3 Å². The van der Waals surface area contributed by atoms with Crippen molar-refractivity contribution in [3.05, 3.63) is 65.8 Å². The number of rotatable bonds is 3. The molecule has 0 aliphatic carbocycles. The second-order valence-electron chi connectivity index (χ2n) is 4.50. The molecule has 0 unspecified atom stereocenters.